The highest BCUT2D eigenvalue weighted by molar-refractivity contribution is 5.89. The molecule has 0 spiro atoms. The molecular weight excluding hydrogens is 248 g/mol. The van der Waals surface area contributed by atoms with Gasteiger partial charge in [-0.15, -0.1) is 0 Å². The molecule has 0 fully saturated rings. The number of hydrogen-bond donors (Lipinski definition) is 1. The third kappa shape index (κ3) is 1.99. The molecule has 0 aliphatic carbocycles. The van der Waals surface area contributed by atoms with Crippen molar-refractivity contribution < 1.29 is 8.78 Å². The first-order valence-corrected chi connectivity index (χ1v) is 5.63. The van der Waals surface area contributed by atoms with E-state index in [1.807, 2.05) is 0 Å². The smallest absolute Gasteiger partial charge is 0.165 e. The molecule has 3 aromatic rings. The number of nitrogens with two attached hydrogens (primary N) is 1. The first-order valence-electron chi connectivity index (χ1n) is 5.63. The standard InChI is InChI=1S/C14H9F2N3/c15-8-5-6-12-10(7-8)13(17)19-14(18-12)9-3-1-2-4-11(9)16/h1-7H,(H2,17,18,19). The molecule has 2 aromatic carbocycles. The van der Waals surface area contributed by atoms with E-state index in [1.165, 1.54) is 24.3 Å². The van der Waals surface area contributed by atoms with Gasteiger partial charge in [0.25, 0.3) is 0 Å². The summed E-state index contributed by atoms with van der Waals surface area (Å²) < 4.78 is 26.8. The van der Waals surface area contributed by atoms with Crippen LogP contribution in [0.4, 0.5) is 14.6 Å². The fourth-order valence-corrected chi connectivity index (χ4v) is 1.89. The minimum absolute atomic E-state index is 0.128. The van der Waals surface area contributed by atoms with Gasteiger partial charge in [0.2, 0.25) is 0 Å². The highest BCUT2D eigenvalue weighted by Crippen LogP contribution is 2.25. The van der Waals surface area contributed by atoms with E-state index in [0.29, 0.717) is 10.9 Å². The predicted octanol–water partition coefficient (Wildman–Crippen LogP) is 3.16. The Balaban J connectivity index is 2.27. The van der Waals surface area contributed by atoms with Crippen molar-refractivity contribution in [3.8, 4) is 11.4 Å². The van der Waals surface area contributed by atoms with Crippen molar-refractivity contribution in [3.05, 3.63) is 54.1 Å². The summed E-state index contributed by atoms with van der Waals surface area (Å²) in [4.78, 5) is 8.24. The summed E-state index contributed by atoms with van der Waals surface area (Å²) in [7, 11) is 0. The van der Waals surface area contributed by atoms with Gasteiger partial charge in [-0.05, 0) is 30.3 Å². The van der Waals surface area contributed by atoms with Crippen LogP contribution < -0.4 is 5.73 Å². The quantitative estimate of drug-likeness (QED) is 0.728. The lowest BCUT2D eigenvalue weighted by Gasteiger charge is -2.06. The summed E-state index contributed by atoms with van der Waals surface area (Å²) in [6.45, 7) is 0. The second kappa shape index (κ2) is 4.28. The fraction of sp³-hybridized carbons (Fsp3) is 0. The van der Waals surface area contributed by atoms with Crippen LogP contribution in [-0.2, 0) is 0 Å². The lowest BCUT2D eigenvalue weighted by molar-refractivity contribution is 0.628. The highest BCUT2D eigenvalue weighted by atomic mass is 19.1. The number of rotatable bonds is 1. The second-order valence-corrected chi connectivity index (χ2v) is 4.07. The summed E-state index contributed by atoms with van der Waals surface area (Å²) >= 11 is 0. The molecule has 0 aliphatic rings. The van der Waals surface area contributed by atoms with Crippen LogP contribution in [0.3, 0.4) is 0 Å². The van der Waals surface area contributed by atoms with Gasteiger partial charge in [-0.1, -0.05) is 12.1 Å². The molecule has 0 saturated heterocycles. The molecule has 1 heterocycles. The van der Waals surface area contributed by atoms with E-state index in [9.17, 15) is 8.78 Å². The zero-order valence-electron chi connectivity index (χ0n) is 9.77. The molecule has 0 atom stereocenters. The van der Waals surface area contributed by atoms with Crippen molar-refractivity contribution in [3.63, 3.8) is 0 Å². The van der Waals surface area contributed by atoms with E-state index in [4.69, 9.17) is 5.73 Å². The Morgan fingerprint density at radius 3 is 2.53 bits per heavy atom. The van der Waals surface area contributed by atoms with Crippen LogP contribution in [0.15, 0.2) is 42.5 Å². The van der Waals surface area contributed by atoms with Crippen molar-refractivity contribution >= 4 is 16.7 Å². The zero-order chi connectivity index (χ0) is 13.4. The topological polar surface area (TPSA) is 51.8 Å². The normalized spacial score (nSPS) is 10.8. The molecule has 0 unspecified atom stereocenters. The largest absolute Gasteiger partial charge is 0.383 e. The van der Waals surface area contributed by atoms with Crippen LogP contribution >= 0.6 is 0 Å². The summed E-state index contributed by atoms with van der Waals surface area (Å²) in [6.07, 6.45) is 0. The molecule has 19 heavy (non-hydrogen) atoms. The summed E-state index contributed by atoms with van der Waals surface area (Å²) in [5.74, 6) is -0.526. The average Bonchev–Trinajstić information content (AvgIpc) is 2.40. The molecule has 0 bridgehead atoms. The Labute approximate surface area is 107 Å². The van der Waals surface area contributed by atoms with Gasteiger partial charge >= 0.3 is 0 Å². The van der Waals surface area contributed by atoms with Gasteiger partial charge in [-0.3, -0.25) is 0 Å². The Bertz CT molecular complexity index is 772. The molecule has 0 amide bonds. The van der Waals surface area contributed by atoms with Crippen molar-refractivity contribution in [2.75, 3.05) is 5.73 Å². The number of fused-ring (bicyclic) bond motifs is 1. The highest BCUT2D eigenvalue weighted by Gasteiger charge is 2.11. The number of nitrogens with zero attached hydrogens (tertiary/aromatic N) is 2. The first-order chi connectivity index (χ1) is 9.15. The maximum Gasteiger partial charge on any atom is 0.165 e. The Kier molecular flexibility index (Phi) is 2.59. The molecule has 0 aliphatic heterocycles. The fourth-order valence-electron chi connectivity index (χ4n) is 1.89. The molecule has 5 heteroatoms. The van der Waals surface area contributed by atoms with E-state index in [1.54, 1.807) is 18.2 Å². The maximum absolute atomic E-state index is 13.7. The van der Waals surface area contributed by atoms with Crippen molar-refractivity contribution in [2.45, 2.75) is 0 Å². The van der Waals surface area contributed by atoms with Crippen LogP contribution in [0.1, 0.15) is 0 Å². The lowest BCUT2D eigenvalue weighted by atomic mass is 10.1. The Morgan fingerprint density at radius 2 is 1.74 bits per heavy atom. The van der Waals surface area contributed by atoms with Gasteiger partial charge in [-0.25, -0.2) is 18.7 Å². The summed E-state index contributed by atoms with van der Waals surface area (Å²) in [5, 5.41) is 0.417. The molecule has 94 valence electrons. The van der Waals surface area contributed by atoms with E-state index >= 15 is 0 Å². The van der Waals surface area contributed by atoms with Gasteiger partial charge < -0.3 is 5.73 Å². The number of benzene rings is 2. The number of hydrogen-bond acceptors (Lipinski definition) is 3. The van der Waals surface area contributed by atoms with Crippen LogP contribution in [-0.4, -0.2) is 9.97 Å². The van der Waals surface area contributed by atoms with Gasteiger partial charge in [-0.2, -0.15) is 0 Å². The van der Waals surface area contributed by atoms with E-state index < -0.39 is 11.6 Å². The molecule has 2 N–H and O–H groups in total. The number of anilines is 1. The van der Waals surface area contributed by atoms with Crippen LogP contribution in [0.25, 0.3) is 22.3 Å². The van der Waals surface area contributed by atoms with Crippen LogP contribution in [0.2, 0.25) is 0 Å². The second-order valence-electron chi connectivity index (χ2n) is 4.07. The minimum Gasteiger partial charge on any atom is -0.383 e. The molecule has 1 aromatic heterocycles. The molecule has 0 radical (unpaired) electrons. The number of aromatic nitrogens is 2. The van der Waals surface area contributed by atoms with Gasteiger partial charge in [0.05, 0.1) is 11.1 Å². The SMILES string of the molecule is Nc1nc(-c2ccccc2F)nc2ccc(F)cc12. The zero-order valence-corrected chi connectivity index (χ0v) is 9.77. The Hall–Kier alpha value is -2.56. The molecular formula is C14H9F2N3. The number of halogens is 2. The average molecular weight is 257 g/mol. The van der Waals surface area contributed by atoms with Crippen LogP contribution in [0.5, 0.6) is 0 Å². The summed E-state index contributed by atoms with van der Waals surface area (Å²) in [6, 6.07) is 10.2. The first kappa shape index (κ1) is 11.5. The molecule has 0 saturated carbocycles. The summed E-state index contributed by atoms with van der Waals surface area (Å²) in [5.41, 5.74) is 6.52. The number of nitrogen functional groups attached to an aromatic ring is 1. The minimum atomic E-state index is -0.427. The van der Waals surface area contributed by atoms with Crippen molar-refractivity contribution in [1.82, 2.24) is 9.97 Å². The Morgan fingerprint density at radius 1 is 0.947 bits per heavy atom. The van der Waals surface area contributed by atoms with E-state index in [2.05, 4.69) is 9.97 Å². The lowest BCUT2D eigenvalue weighted by Crippen LogP contribution is -1.99. The maximum atomic E-state index is 13.7. The molecule has 3 rings (SSSR count). The van der Waals surface area contributed by atoms with Gasteiger partial charge in [0.15, 0.2) is 5.82 Å². The van der Waals surface area contributed by atoms with E-state index in [-0.39, 0.29) is 17.2 Å². The van der Waals surface area contributed by atoms with E-state index in [0.717, 1.165) is 0 Å². The van der Waals surface area contributed by atoms with Crippen molar-refractivity contribution in [1.29, 1.82) is 0 Å². The van der Waals surface area contributed by atoms with Crippen LogP contribution in [0, 0.1) is 11.6 Å². The third-order valence-corrected chi connectivity index (χ3v) is 2.80. The monoisotopic (exact) mass is 257 g/mol. The van der Waals surface area contributed by atoms with Crippen molar-refractivity contribution in [2.24, 2.45) is 0 Å². The van der Waals surface area contributed by atoms with Gasteiger partial charge in [0.1, 0.15) is 17.5 Å². The molecule has 3 nitrogen and oxygen atoms in total. The van der Waals surface area contributed by atoms with Gasteiger partial charge in [0, 0.05) is 5.39 Å². The third-order valence-electron chi connectivity index (χ3n) is 2.80. The predicted molar refractivity (Wildman–Crippen MR) is 69.3 cm³/mol.